The van der Waals surface area contributed by atoms with E-state index in [1.807, 2.05) is 28.8 Å². The second kappa shape index (κ2) is 9.06. The highest BCUT2D eigenvalue weighted by Crippen LogP contribution is 2.32. The molecule has 2 aliphatic heterocycles. The van der Waals surface area contributed by atoms with Crippen molar-refractivity contribution in [3.8, 4) is 0 Å². The van der Waals surface area contributed by atoms with Crippen molar-refractivity contribution in [1.82, 2.24) is 24.8 Å². The average Bonchev–Trinajstić information content (AvgIpc) is 3.11. The zero-order chi connectivity index (χ0) is 18.5. The lowest BCUT2D eigenvalue weighted by atomic mass is 9.85. The standard InChI is InChI=1S/C20H29N5OS/c26-20(21-10-9-19-23-22-18-8-2-4-13-25(18)19)15-27-14-16-6-5-12-24-11-3-1-7-17(16)24/h2,4,8,13,16-17H,1,3,5-7,9-12,14-15H2,(H,21,26). The number of carbonyl (C=O) groups excluding carboxylic acids is 1. The molecule has 146 valence electrons. The lowest BCUT2D eigenvalue weighted by molar-refractivity contribution is -0.118. The molecular formula is C20H29N5OS. The number of hydrogen-bond acceptors (Lipinski definition) is 5. The summed E-state index contributed by atoms with van der Waals surface area (Å²) in [6.45, 7) is 3.17. The van der Waals surface area contributed by atoms with Gasteiger partial charge >= 0.3 is 0 Å². The Kier molecular flexibility index (Phi) is 6.29. The number of rotatable bonds is 7. The minimum atomic E-state index is 0.130. The molecular weight excluding hydrogens is 358 g/mol. The predicted octanol–water partition coefficient (Wildman–Crippen LogP) is 2.39. The van der Waals surface area contributed by atoms with Crippen molar-refractivity contribution in [2.75, 3.05) is 31.1 Å². The summed E-state index contributed by atoms with van der Waals surface area (Å²) in [5, 5.41) is 11.4. The summed E-state index contributed by atoms with van der Waals surface area (Å²) in [6, 6.07) is 6.62. The number of fused-ring (bicyclic) bond motifs is 2. The number of nitrogens with one attached hydrogen (secondary N) is 1. The maximum atomic E-state index is 12.2. The first kappa shape index (κ1) is 18.7. The normalized spacial score (nSPS) is 23.3. The van der Waals surface area contributed by atoms with Crippen molar-refractivity contribution < 1.29 is 4.79 Å². The van der Waals surface area contributed by atoms with E-state index in [1.165, 1.54) is 45.2 Å². The smallest absolute Gasteiger partial charge is 0.230 e. The fraction of sp³-hybridized carbons (Fsp3) is 0.650. The molecule has 1 N–H and O–H groups in total. The summed E-state index contributed by atoms with van der Waals surface area (Å²) in [5.74, 6) is 3.45. The van der Waals surface area contributed by atoms with E-state index < -0.39 is 0 Å². The molecule has 0 spiro atoms. The Morgan fingerprint density at radius 3 is 3.07 bits per heavy atom. The van der Waals surface area contributed by atoms with Gasteiger partial charge in [0.15, 0.2) is 5.65 Å². The highest BCUT2D eigenvalue weighted by atomic mass is 32.2. The van der Waals surface area contributed by atoms with Crippen LogP contribution in [0.25, 0.3) is 5.65 Å². The maximum Gasteiger partial charge on any atom is 0.230 e. The molecule has 2 fully saturated rings. The van der Waals surface area contributed by atoms with Crippen LogP contribution in [0.15, 0.2) is 24.4 Å². The quantitative estimate of drug-likeness (QED) is 0.790. The Hall–Kier alpha value is -1.60. The molecule has 2 aromatic heterocycles. The van der Waals surface area contributed by atoms with Gasteiger partial charge in [-0.15, -0.1) is 10.2 Å². The van der Waals surface area contributed by atoms with E-state index >= 15 is 0 Å². The fourth-order valence-electron chi connectivity index (χ4n) is 4.50. The second-order valence-corrected chi connectivity index (χ2v) is 8.69. The van der Waals surface area contributed by atoms with Crippen LogP contribution in [0, 0.1) is 5.92 Å². The highest BCUT2D eigenvalue weighted by molar-refractivity contribution is 7.99. The number of carbonyl (C=O) groups is 1. The van der Waals surface area contributed by atoms with Gasteiger partial charge in [-0.3, -0.25) is 9.20 Å². The molecule has 4 rings (SSSR count). The van der Waals surface area contributed by atoms with Crippen LogP contribution in [0.2, 0.25) is 0 Å². The van der Waals surface area contributed by atoms with E-state index in [-0.39, 0.29) is 5.91 Å². The van der Waals surface area contributed by atoms with Gasteiger partial charge in [0.05, 0.1) is 5.75 Å². The van der Waals surface area contributed by atoms with Crippen molar-refractivity contribution in [3.05, 3.63) is 30.2 Å². The lowest BCUT2D eigenvalue weighted by Crippen LogP contribution is -2.48. The molecule has 7 heteroatoms. The van der Waals surface area contributed by atoms with E-state index in [0.717, 1.165) is 29.2 Å². The van der Waals surface area contributed by atoms with E-state index in [0.29, 0.717) is 18.7 Å². The molecule has 2 saturated heterocycles. The second-order valence-electron chi connectivity index (χ2n) is 7.66. The Morgan fingerprint density at radius 2 is 2.11 bits per heavy atom. The van der Waals surface area contributed by atoms with E-state index in [2.05, 4.69) is 20.4 Å². The summed E-state index contributed by atoms with van der Waals surface area (Å²) in [6.07, 6.45) is 9.39. The van der Waals surface area contributed by atoms with Crippen LogP contribution in [0.1, 0.15) is 37.9 Å². The first-order valence-corrected chi connectivity index (χ1v) is 11.3. The van der Waals surface area contributed by atoms with E-state index in [9.17, 15) is 4.79 Å². The Balaban J connectivity index is 1.17. The van der Waals surface area contributed by atoms with E-state index in [4.69, 9.17) is 0 Å². The minimum absolute atomic E-state index is 0.130. The molecule has 2 aliphatic rings. The molecule has 1 amide bonds. The van der Waals surface area contributed by atoms with Crippen LogP contribution in [0.4, 0.5) is 0 Å². The van der Waals surface area contributed by atoms with E-state index in [1.54, 1.807) is 11.8 Å². The number of aromatic nitrogens is 3. The number of nitrogens with zero attached hydrogens (tertiary/aromatic N) is 4. The summed E-state index contributed by atoms with van der Waals surface area (Å²) in [5.41, 5.74) is 0.846. The SMILES string of the molecule is O=C(CSCC1CCCN2CCCCC12)NCCc1nnc2ccccn12. The molecule has 4 heterocycles. The van der Waals surface area contributed by atoms with Crippen LogP contribution < -0.4 is 5.32 Å². The third-order valence-electron chi connectivity index (χ3n) is 5.85. The summed E-state index contributed by atoms with van der Waals surface area (Å²) >= 11 is 1.80. The summed E-state index contributed by atoms with van der Waals surface area (Å²) in [7, 11) is 0. The maximum absolute atomic E-state index is 12.2. The molecule has 6 nitrogen and oxygen atoms in total. The van der Waals surface area contributed by atoms with Gasteiger partial charge in [0.1, 0.15) is 5.82 Å². The molecule has 2 unspecified atom stereocenters. The Bertz CT molecular complexity index is 762. The van der Waals surface area contributed by atoms with Gasteiger partial charge in [-0.2, -0.15) is 11.8 Å². The van der Waals surface area contributed by atoms with Crippen LogP contribution in [0.5, 0.6) is 0 Å². The molecule has 0 bridgehead atoms. The van der Waals surface area contributed by atoms with Crippen LogP contribution in [-0.2, 0) is 11.2 Å². The zero-order valence-electron chi connectivity index (χ0n) is 15.8. The third-order valence-corrected chi connectivity index (χ3v) is 6.98. The molecule has 0 radical (unpaired) electrons. The Morgan fingerprint density at radius 1 is 1.19 bits per heavy atom. The fourth-order valence-corrected chi connectivity index (χ4v) is 5.60. The van der Waals surface area contributed by atoms with Crippen LogP contribution in [0.3, 0.4) is 0 Å². The number of pyridine rings is 1. The van der Waals surface area contributed by atoms with Crippen molar-refractivity contribution in [2.24, 2.45) is 5.92 Å². The predicted molar refractivity (Wildman–Crippen MR) is 109 cm³/mol. The first-order valence-electron chi connectivity index (χ1n) is 10.2. The van der Waals surface area contributed by atoms with Gasteiger partial charge in [0.25, 0.3) is 0 Å². The monoisotopic (exact) mass is 387 g/mol. The molecule has 0 aromatic carbocycles. The number of hydrogen-bond donors (Lipinski definition) is 1. The van der Waals surface area contributed by atoms with Gasteiger partial charge in [-0.1, -0.05) is 12.5 Å². The average molecular weight is 388 g/mol. The molecule has 2 aromatic rings. The topological polar surface area (TPSA) is 62.5 Å². The lowest BCUT2D eigenvalue weighted by Gasteiger charge is -2.44. The van der Waals surface area contributed by atoms with Crippen molar-refractivity contribution in [1.29, 1.82) is 0 Å². The molecule has 2 atom stereocenters. The molecule has 0 saturated carbocycles. The number of piperidine rings is 2. The van der Waals surface area contributed by atoms with Crippen LogP contribution in [-0.4, -0.2) is 62.6 Å². The summed E-state index contributed by atoms with van der Waals surface area (Å²) < 4.78 is 1.97. The van der Waals surface area contributed by atoms with Crippen molar-refractivity contribution in [3.63, 3.8) is 0 Å². The number of thioether (sulfide) groups is 1. The van der Waals surface area contributed by atoms with Gasteiger partial charge in [0, 0.05) is 25.2 Å². The minimum Gasteiger partial charge on any atom is -0.355 e. The van der Waals surface area contributed by atoms with Gasteiger partial charge in [-0.05, 0) is 62.6 Å². The number of amides is 1. The Labute approximate surface area is 165 Å². The first-order chi connectivity index (χ1) is 13.3. The molecule has 27 heavy (non-hydrogen) atoms. The van der Waals surface area contributed by atoms with Crippen molar-refractivity contribution in [2.45, 2.75) is 44.6 Å². The largest absolute Gasteiger partial charge is 0.355 e. The van der Waals surface area contributed by atoms with Crippen molar-refractivity contribution >= 4 is 23.3 Å². The zero-order valence-corrected chi connectivity index (χ0v) is 16.7. The summed E-state index contributed by atoms with van der Waals surface area (Å²) in [4.78, 5) is 14.9. The van der Waals surface area contributed by atoms with Gasteiger partial charge in [-0.25, -0.2) is 0 Å². The third kappa shape index (κ3) is 4.63. The van der Waals surface area contributed by atoms with Crippen LogP contribution >= 0.6 is 11.8 Å². The molecule has 0 aliphatic carbocycles. The van der Waals surface area contributed by atoms with Gasteiger partial charge in [0.2, 0.25) is 5.91 Å². The van der Waals surface area contributed by atoms with Gasteiger partial charge < -0.3 is 10.2 Å². The highest BCUT2D eigenvalue weighted by Gasteiger charge is 2.32.